The van der Waals surface area contributed by atoms with Gasteiger partial charge in [-0.2, -0.15) is 13.2 Å². The molecule has 0 radical (unpaired) electrons. The topological polar surface area (TPSA) is 56.8 Å². The highest BCUT2D eigenvalue weighted by molar-refractivity contribution is 5.92. The highest BCUT2D eigenvalue weighted by Gasteiger charge is 2.27. The molecule has 0 bridgehead atoms. The Kier molecular flexibility index (Phi) is 5.93. The van der Waals surface area contributed by atoms with Gasteiger partial charge in [0, 0.05) is 18.1 Å². The van der Waals surface area contributed by atoms with E-state index in [9.17, 15) is 18.0 Å². The summed E-state index contributed by atoms with van der Waals surface area (Å²) in [6.07, 6.45) is -3.77. The third kappa shape index (κ3) is 5.30. The number of ether oxygens (including phenoxy) is 3. The fourth-order valence-corrected chi connectivity index (χ4v) is 2.38. The summed E-state index contributed by atoms with van der Waals surface area (Å²) in [7, 11) is 0. The standard InChI is InChI=1S/C16H20F3NO4/c1-3-23-14-7-11-6-10(2)24-13(11)8-12(14)20-15(21)4-5-22-9-16(17,18)19/h7-8,10H,3-6,9H2,1-2H3,(H,20,21). The number of halogens is 3. The third-order valence-corrected chi connectivity index (χ3v) is 3.31. The molecule has 0 aromatic heterocycles. The second-order valence-corrected chi connectivity index (χ2v) is 5.49. The van der Waals surface area contributed by atoms with Crippen molar-refractivity contribution in [2.45, 2.75) is 39.0 Å². The van der Waals surface area contributed by atoms with Crippen LogP contribution >= 0.6 is 0 Å². The van der Waals surface area contributed by atoms with Gasteiger partial charge >= 0.3 is 6.18 Å². The number of nitrogens with one attached hydrogen (secondary N) is 1. The second kappa shape index (κ2) is 7.74. The molecule has 134 valence electrons. The number of alkyl halides is 3. The maximum Gasteiger partial charge on any atom is 0.411 e. The van der Waals surface area contributed by atoms with Gasteiger partial charge in [-0.05, 0) is 19.9 Å². The van der Waals surface area contributed by atoms with Crippen molar-refractivity contribution < 1.29 is 32.2 Å². The van der Waals surface area contributed by atoms with E-state index in [0.717, 1.165) is 12.0 Å². The molecule has 0 saturated carbocycles. The molecule has 0 saturated heterocycles. The van der Waals surface area contributed by atoms with E-state index in [-0.39, 0.29) is 19.1 Å². The summed E-state index contributed by atoms with van der Waals surface area (Å²) in [5, 5.41) is 2.63. The van der Waals surface area contributed by atoms with Gasteiger partial charge in [0.1, 0.15) is 24.2 Å². The number of rotatable bonds is 7. The lowest BCUT2D eigenvalue weighted by molar-refractivity contribution is -0.174. The molecule has 1 aromatic rings. The monoisotopic (exact) mass is 347 g/mol. The lowest BCUT2D eigenvalue weighted by Gasteiger charge is -2.14. The van der Waals surface area contributed by atoms with E-state index in [1.165, 1.54) is 0 Å². The van der Waals surface area contributed by atoms with Crippen LogP contribution in [-0.4, -0.2) is 38.0 Å². The minimum Gasteiger partial charge on any atom is -0.492 e. The Morgan fingerprint density at radius 3 is 2.83 bits per heavy atom. The van der Waals surface area contributed by atoms with Crippen LogP contribution in [0, 0.1) is 0 Å². The predicted octanol–water partition coefficient (Wildman–Crippen LogP) is 3.32. The molecule has 1 aliphatic heterocycles. The molecule has 2 rings (SSSR count). The van der Waals surface area contributed by atoms with Crippen molar-refractivity contribution in [2.24, 2.45) is 0 Å². The zero-order chi connectivity index (χ0) is 17.7. The molecule has 0 aliphatic carbocycles. The van der Waals surface area contributed by atoms with Crippen molar-refractivity contribution in [2.75, 3.05) is 25.1 Å². The van der Waals surface area contributed by atoms with Crippen molar-refractivity contribution in [3.63, 3.8) is 0 Å². The Bertz CT molecular complexity index is 589. The van der Waals surface area contributed by atoms with E-state index in [1.807, 2.05) is 19.9 Å². The SMILES string of the molecule is CCOc1cc2c(cc1NC(=O)CCOCC(F)(F)F)OC(C)C2. The quantitative estimate of drug-likeness (QED) is 0.769. The zero-order valence-electron chi connectivity index (χ0n) is 13.5. The first-order valence-corrected chi connectivity index (χ1v) is 7.69. The van der Waals surface area contributed by atoms with Gasteiger partial charge in [-0.3, -0.25) is 4.79 Å². The molecule has 1 unspecified atom stereocenters. The Morgan fingerprint density at radius 2 is 2.17 bits per heavy atom. The average Bonchev–Trinajstić information content (AvgIpc) is 2.82. The number of amides is 1. The largest absolute Gasteiger partial charge is 0.492 e. The zero-order valence-corrected chi connectivity index (χ0v) is 13.5. The normalized spacial score (nSPS) is 16.5. The van der Waals surface area contributed by atoms with Crippen molar-refractivity contribution in [1.29, 1.82) is 0 Å². The van der Waals surface area contributed by atoms with Gasteiger partial charge in [0.15, 0.2) is 0 Å². The van der Waals surface area contributed by atoms with Crippen LogP contribution in [0.5, 0.6) is 11.5 Å². The number of fused-ring (bicyclic) bond motifs is 1. The van der Waals surface area contributed by atoms with Gasteiger partial charge in [-0.1, -0.05) is 0 Å². The first-order chi connectivity index (χ1) is 11.3. The Morgan fingerprint density at radius 1 is 1.42 bits per heavy atom. The summed E-state index contributed by atoms with van der Waals surface area (Å²) < 4.78 is 51.5. The highest BCUT2D eigenvalue weighted by Crippen LogP contribution is 2.38. The molecular weight excluding hydrogens is 327 g/mol. The molecular formula is C16H20F3NO4. The van der Waals surface area contributed by atoms with Crippen molar-refractivity contribution in [3.05, 3.63) is 17.7 Å². The number of carbonyl (C=O) groups excluding carboxylic acids is 1. The van der Waals surface area contributed by atoms with Crippen molar-refractivity contribution >= 4 is 11.6 Å². The summed E-state index contributed by atoms with van der Waals surface area (Å²) >= 11 is 0. The van der Waals surface area contributed by atoms with Gasteiger partial charge in [0.25, 0.3) is 0 Å². The number of hydrogen-bond donors (Lipinski definition) is 1. The summed E-state index contributed by atoms with van der Waals surface area (Å²) in [6.45, 7) is 2.51. The highest BCUT2D eigenvalue weighted by atomic mass is 19.4. The number of anilines is 1. The molecule has 1 atom stereocenters. The van der Waals surface area contributed by atoms with Gasteiger partial charge in [-0.25, -0.2) is 0 Å². The van der Waals surface area contributed by atoms with E-state index in [4.69, 9.17) is 9.47 Å². The van der Waals surface area contributed by atoms with Crippen LogP contribution < -0.4 is 14.8 Å². The Hall–Kier alpha value is -1.96. The maximum absolute atomic E-state index is 12.0. The fraction of sp³-hybridized carbons (Fsp3) is 0.562. The maximum atomic E-state index is 12.0. The minimum atomic E-state index is -4.40. The summed E-state index contributed by atoms with van der Waals surface area (Å²) in [5.41, 5.74) is 1.43. The van der Waals surface area contributed by atoms with Crippen molar-refractivity contribution in [3.8, 4) is 11.5 Å². The summed E-state index contributed by atoms with van der Waals surface area (Å²) in [6, 6.07) is 3.50. The smallest absolute Gasteiger partial charge is 0.411 e. The number of benzene rings is 1. The lowest BCUT2D eigenvalue weighted by atomic mass is 10.1. The van der Waals surface area contributed by atoms with E-state index in [0.29, 0.717) is 23.8 Å². The molecule has 0 spiro atoms. The van der Waals surface area contributed by atoms with Crippen LogP contribution in [0.2, 0.25) is 0 Å². The van der Waals surface area contributed by atoms with Gasteiger partial charge in [-0.15, -0.1) is 0 Å². The van der Waals surface area contributed by atoms with E-state index in [1.54, 1.807) is 6.07 Å². The lowest BCUT2D eigenvalue weighted by Crippen LogP contribution is -2.20. The van der Waals surface area contributed by atoms with Crippen LogP contribution in [0.1, 0.15) is 25.8 Å². The van der Waals surface area contributed by atoms with Gasteiger partial charge < -0.3 is 19.5 Å². The van der Waals surface area contributed by atoms with Crippen LogP contribution in [0.3, 0.4) is 0 Å². The molecule has 1 amide bonds. The van der Waals surface area contributed by atoms with Crippen LogP contribution in [0.15, 0.2) is 12.1 Å². The molecule has 1 N–H and O–H groups in total. The predicted molar refractivity (Wildman–Crippen MR) is 81.5 cm³/mol. The molecule has 24 heavy (non-hydrogen) atoms. The summed E-state index contributed by atoms with van der Waals surface area (Å²) in [5.74, 6) is 0.734. The van der Waals surface area contributed by atoms with Crippen LogP contribution in [-0.2, 0) is 16.0 Å². The summed E-state index contributed by atoms with van der Waals surface area (Å²) in [4.78, 5) is 11.9. The molecule has 0 fully saturated rings. The molecule has 8 heteroatoms. The van der Waals surface area contributed by atoms with Crippen LogP contribution in [0.25, 0.3) is 0 Å². The van der Waals surface area contributed by atoms with E-state index >= 15 is 0 Å². The first kappa shape index (κ1) is 18.4. The average molecular weight is 347 g/mol. The third-order valence-electron chi connectivity index (χ3n) is 3.31. The molecule has 1 heterocycles. The minimum absolute atomic E-state index is 0.0520. The fourth-order valence-electron chi connectivity index (χ4n) is 2.38. The van der Waals surface area contributed by atoms with Crippen LogP contribution in [0.4, 0.5) is 18.9 Å². The Balaban J connectivity index is 1.95. The molecule has 1 aliphatic rings. The van der Waals surface area contributed by atoms with E-state index < -0.39 is 18.7 Å². The van der Waals surface area contributed by atoms with Gasteiger partial charge in [0.05, 0.1) is 25.3 Å². The number of hydrogen-bond acceptors (Lipinski definition) is 4. The van der Waals surface area contributed by atoms with Gasteiger partial charge in [0.2, 0.25) is 5.91 Å². The van der Waals surface area contributed by atoms with E-state index in [2.05, 4.69) is 10.1 Å². The number of carbonyl (C=O) groups is 1. The first-order valence-electron chi connectivity index (χ1n) is 7.69. The Labute approximate surface area is 138 Å². The molecule has 1 aromatic carbocycles. The molecule has 5 nitrogen and oxygen atoms in total. The van der Waals surface area contributed by atoms with Crippen molar-refractivity contribution in [1.82, 2.24) is 0 Å². The second-order valence-electron chi connectivity index (χ2n) is 5.49.